The van der Waals surface area contributed by atoms with Crippen LogP contribution in [0.15, 0.2) is 17.1 Å². The Labute approximate surface area is 114 Å². The molecule has 0 atom stereocenters. The number of anilines is 1. The minimum absolute atomic E-state index is 0.790. The van der Waals surface area contributed by atoms with Gasteiger partial charge in [-0.15, -0.1) is 0 Å². The second-order valence-corrected chi connectivity index (χ2v) is 5.12. The molecule has 0 aliphatic heterocycles. The molecule has 0 saturated carbocycles. The second-order valence-electron chi connectivity index (χ2n) is 4.32. The van der Waals surface area contributed by atoms with Crippen LogP contribution in [-0.4, -0.2) is 26.6 Å². The van der Waals surface area contributed by atoms with Crippen LogP contribution in [0.25, 0.3) is 5.82 Å². The third-order valence-corrected chi connectivity index (χ3v) is 4.00. The van der Waals surface area contributed by atoms with Crippen LogP contribution >= 0.6 is 15.9 Å². The molecule has 2 aromatic rings. The third-order valence-electron chi connectivity index (χ3n) is 3.27. The summed E-state index contributed by atoms with van der Waals surface area (Å²) in [6, 6.07) is 0. The van der Waals surface area contributed by atoms with Crippen molar-refractivity contribution in [2.45, 2.75) is 25.7 Å². The first kappa shape index (κ1) is 11.6. The average molecular weight is 308 g/mol. The van der Waals surface area contributed by atoms with Crippen LogP contribution in [0.5, 0.6) is 0 Å². The SMILES string of the molecule is CNc1ncnc(-n2cnc3c2CCCC3)c1Br. The van der Waals surface area contributed by atoms with E-state index in [9.17, 15) is 0 Å². The summed E-state index contributed by atoms with van der Waals surface area (Å²) in [5, 5.41) is 3.05. The van der Waals surface area contributed by atoms with Gasteiger partial charge in [0.05, 0.1) is 5.69 Å². The molecule has 0 aromatic carbocycles. The number of hydrogen-bond donors (Lipinski definition) is 1. The van der Waals surface area contributed by atoms with E-state index in [1.54, 1.807) is 6.33 Å². The van der Waals surface area contributed by atoms with Gasteiger partial charge in [0.2, 0.25) is 0 Å². The third kappa shape index (κ3) is 1.80. The van der Waals surface area contributed by atoms with Gasteiger partial charge >= 0.3 is 0 Å². The van der Waals surface area contributed by atoms with Crippen molar-refractivity contribution in [3.63, 3.8) is 0 Å². The molecule has 2 aromatic heterocycles. The van der Waals surface area contributed by atoms with Gasteiger partial charge in [-0.1, -0.05) is 0 Å². The Morgan fingerprint density at radius 2 is 2.06 bits per heavy atom. The molecule has 94 valence electrons. The highest BCUT2D eigenvalue weighted by atomic mass is 79.9. The normalized spacial score (nSPS) is 14.3. The molecular formula is C12H14BrN5. The molecule has 1 aliphatic rings. The van der Waals surface area contributed by atoms with Crippen LogP contribution in [0, 0.1) is 0 Å². The monoisotopic (exact) mass is 307 g/mol. The number of imidazole rings is 1. The van der Waals surface area contributed by atoms with Crippen LogP contribution < -0.4 is 5.32 Å². The molecule has 5 nitrogen and oxygen atoms in total. The first-order chi connectivity index (χ1) is 8.81. The molecule has 3 rings (SSSR count). The fourth-order valence-corrected chi connectivity index (χ4v) is 2.95. The predicted octanol–water partition coefficient (Wildman–Crippen LogP) is 2.35. The summed E-state index contributed by atoms with van der Waals surface area (Å²) in [4.78, 5) is 13.0. The summed E-state index contributed by atoms with van der Waals surface area (Å²) >= 11 is 3.55. The summed E-state index contributed by atoms with van der Waals surface area (Å²) in [7, 11) is 1.85. The lowest BCUT2D eigenvalue weighted by Crippen LogP contribution is -2.09. The highest BCUT2D eigenvalue weighted by Gasteiger charge is 2.19. The predicted molar refractivity (Wildman–Crippen MR) is 73.0 cm³/mol. The van der Waals surface area contributed by atoms with Crippen molar-refractivity contribution in [1.82, 2.24) is 19.5 Å². The largest absolute Gasteiger partial charge is 0.372 e. The molecule has 0 unspecified atom stereocenters. The molecular weight excluding hydrogens is 294 g/mol. The van der Waals surface area contributed by atoms with Gasteiger partial charge in [0.1, 0.15) is 22.9 Å². The summed E-state index contributed by atoms with van der Waals surface area (Å²) in [6.45, 7) is 0. The molecule has 1 N–H and O–H groups in total. The van der Waals surface area contributed by atoms with E-state index in [2.05, 4.69) is 40.8 Å². The molecule has 2 heterocycles. The van der Waals surface area contributed by atoms with Crippen molar-refractivity contribution in [3.05, 3.63) is 28.5 Å². The smallest absolute Gasteiger partial charge is 0.158 e. The lowest BCUT2D eigenvalue weighted by Gasteiger charge is -2.15. The van der Waals surface area contributed by atoms with E-state index in [4.69, 9.17) is 0 Å². The number of nitrogens with one attached hydrogen (secondary N) is 1. The average Bonchev–Trinajstić information content (AvgIpc) is 2.83. The maximum atomic E-state index is 4.49. The zero-order valence-corrected chi connectivity index (χ0v) is 11.7. The van der Waals surface area contributed by atoms with E-state index in [0.29, 0.717) is 0 Å². The van der Waals surface area contributed by atoms with Gasteiger partial charge in [-0.2, -0.15) is 0 Å². The summed E-state index contributed by atoms with van der Waals surface area (Å²) < 4.78 is 2.94. The lowest BCUT2D eigenvalue weighted by atomic mass is 10.0. The zero-order valence-electron chi connectivity index (χ0n) is 10.1. The highest BCUT2D eigenvalue weighted by Crippen LogP contribution is 2.29. The van der Waals surface area contributed by atoms with Crippen molar-refractivity contribution < 1.29 is 0 Å². The Morgan fingerprint density at radius 1 is 1.22 bits per heavy atom. The Bertz CT molecular complexity index is 578. The first-order valence-corrected chi connectivity index (χ1v) is 6.84. The van der Waals surface area contributed by atoms with E-state index in [-0.39, 0.29) is 0 Å². The van der Waals surface area contributed by atoms with Crippen LogP contribution in [0.2, 0.25) is 0 Å². The number of hydrogen-bond acceptors (Lipinski definition) is 4. The second kappa shape index (κ2) is 4.68. The van der Waals surface area contributed by atoms with Gasteiger partial charge in [0.15, 0.2) is 5.82 Å². The molecule has 0 radical (unpaired) electrons. The van der Waals surface area contributed by atoms with Gasteiger partial charge in [0.25, 0.3) is 0 Å². The number of fused-ring (bicyclic) bond motifs is 1. The van der Waals surface area contributed by atoms with Crippen molar-refractivity contribution in [3.8, 4) is 5.82 Å². The number of aromatic nitrogens is 4. The molecule has 0 bridgehead atoms. The number of aryl methyl sites for hydroxylation is 1. The van der Waals surface area contributed by atoms with E-state index in [1.165, 1.54) is 24.2 Å². The number of halogens is 1. The van der Waals surface area contributed by atoms with E-state index < -0.39 is 0 Å². The molecule has 0 saturated heterocycles. The Kier molecular flexibility index (Phi) is 3.03. The van der Waals surface area contributed by atoms with E-state index in [0.717, 1.165) is 29.0 Å². The number of nitrogens with zero attached hydrogens (tertiary/aromatic N) is 4. The van der Waals surface area contributed by atoms with Crippen molar-refractivity contribution in [2.24, 2.45) is 0 Å². The summed E-state index contributed by atoms with van der Waals surface area (Å²) in [5.41, 5.74) is 2.49. The van der Waals surface area contributed by atoms with Gasteiger partial charge in [-0.25, -0.2) is 15.0 Å². The minimum Gasteiger partial charge on any atom is -0.372 e. The molecule has 0 amide bonds. The Morgan fingerprint density at radius 3 is 2.89 bits per heavy atom. The fourth-order valence-electron chi connectivity index (χ4n) is 2.35. The molecule has 0 spiro atoms. The standard InChI is InChI=1S/C12H14BrN5/c1-14-11-10(13)12(16-6-15-11)18-7-17-8-4-2-3-5-9(8)18/h6-7H,2-5H2,1H3,(H,14,15,16). The quantitative estimate of drug-likeness (QED) is 0.925. The van der Waals surface area contributed by atoms with Crippen molar-refractivity contribution in [1.29, 1.82) is 0 Å². The topological polar surface area (TPSA) is 55.6 Å². The molecule has 1 aliphatic carbocycles. The molecule has 18 heavy (non-hydrogen) atoms. The van der Waals surface area contributed by atoms with E-state index >= 15 is 0 Å². The van der Waals surface area contributed by atoms with Crippen molar-refractivity contribution >= 4 is 21.7 Å². The Balaban J connectivity index is 2.13. The lowest BCUT2D eigenvalue weighted by molar-refractivity contribution is 0.653. The van der Waals surface area contributed by atoms with Gasteiger partial charge in [-0.3, -0.25) is 4.57 Å². The molecule has 6 heteroatoms. The Hall–Kier alpha value is -1.43. The van der Waals surface area contributed by atoms with Crippen LogP contribution in [0.1, 0.15) is 24.2 Å². The van der Waals surface area contributed by atoms with Crippen LogP contribution in [0.3, 0.4) is 0 Å². The van der Waals surface area contributed by atoms with E-state index in [1.807, 2.05) is 13.4 Å². The summed E-state index contributed by atoms with van der Waals surface area (Å²) in [5.74, 6) is 1.64. The highest BCUT2D eigenvalue weighted by molar-refractivity contribution is 9.10. The summed E-state index contributed by atoms with van der Waals surface area (Å²) in [6.07, 6.45) is 8.03. The minimum atomic E-state index is 0.790. The van der Waals surface area contributed by atoms with Gasteiger partial charge < -0.3 is 5.32 Å². The van der Waals surface area contributed by atoms with Crippen molar-refractivity contribution in [2.75, 3.05) is 12.4 Å². The maximum absolute atomic E-state index is 4.49. The number of rotatable bonds is 2. The van der Waals surface area contributed by atoms with Crippen LogP contribution in [-0.2, 0) is 12.8 Å². The van der Waals surface area contributed by atoms with Gasteiger partial charge in [-0.05, 0) is 41.6 Å². The zero-order chi connectivity index (χ0) is 12.5. The van der Waals surface area contributed by atoms with Gasteiger partial charge in [0, 0.05) is 12.7 Å². The first-order valence-electron chi connectivity index (χ1n) is 6.05. The molecule has 0 fully saturated rings. The fraction of sp³-hybridized carbons (Fsp3) is 0.417. The maximum Gasteiger partial charge on any atom is 0.158 e. The van der Waals surface area contributed by atoms with Crippen LogP contribution in [0.4, 0.5) is 5.82 Å².